The predicted octanol–water partition coefficient (Wildman–Crippen LogP) is 2.93. The molecule has 0 fully saturated rings. The molecule has 0 aromatic heterocycles. The second-order valence-corrected chi connectivity index (χ2v) is 11.0. The molecule has 0 radical (unpaired) electrons. The molecule has 2 aliphatic rings. The number of benzene rings is 2. The third-order valence-corrected chi connectivity index (χ3v) is 7.57. The van der Waals surface area contributed by atoms with Crippen molar-refractivity contribution < 1.29 is 16.8 Å². The zero-order chi connectivity index (χ0) is 22.9. The lowest BCUT2D eigenvalue weighted by Gasteiger charge is -2.05. The summed E-state index contributed by atoms with van der Waals surface area (Å²) >= 11 is 0. The third kappa shape index (κ3) is 4.81. The molecule has 0 amide bonds. The molecule has 0 aliphatic heterocycles. The Kier molecular flexibility index (Phi) is 5.74. The van der Waals surface area contributed by atoms with Crippen molar-refractivity contribution in [1.29, 1.82) is 0 Å². The molecule has 4 rings (SSSR count). The molecule has 2 aromatic carbocycles. The van der Waals surface area contributed by atoms with Gasteiger partial charge in [-0.3, -0.25) is 0 Å². The van der Waals surface area contributed by atoms with Crippen LogP contribution >= 0.6 is 0 Å². The molecule has 0 saturated carbocycles. The fourth-order valence-corrected chi connectivity index (χ4v) is 5.00. The molecule has 166 valence electrons. The van der Waals surface area contributed by atoms with Crippen LogP contribution in [-0.2, 0) is 20.0 Å². The molecule has 0 atom stereocenters. The topological polar surface area (TPSA) is 117 Å². The van der Waals surface area contributed by atoms with Gasteiger partial charge in [-0.05, 0) is 61.4 Å². The number of allylic oxidation sites excluding steroid dienone is 4. The number of hydrogen-bond donors (Lipinski definition) is 2. The van der Waals surface area contributed by atoms with Crippen LogP contribution in [0.2, 0.25) is 0 Å². The number of hydrazone groups is 2. The second-order valence-electron chi connectivity index (χ2n) is 7.71. The van der Waals surface area contributed by atoms with E-state index >= 15 is 0 Å². The Morgan fingerprint density at radius 2 is 0.969 bits per heavy atom. The van der Waals surface area contributed by atoms with Crippen LogP contribution in [-0.4, -0.2) is 28.3 Å². The molecule has 0 unspecified atom stereocenters. The summed E-state index contributed by atoms with van der Waals surface area (Å²) in [5.74, 6) is 0. The molecule has 2 N–H and O–H groups in total. The highest BCUT2D eigenvalue weighted by atomic mass is 32.2. The van der Waals surface area contributed by atoms with Gasteiger partial charge < -0.3 is 0 Å². The Balaban J connectivity index is 1.41. The van der Waals surface area contributed by atoms with Gasteiger partial charge in [-0.2, -0.15) is 36.7 Å². The summed E-state index contributed by atoms with van der Waals surface area (Å²) in [4.78, 5) is 4.83. The summed E-state index contributed by atoms with van der Waals surface area (Å²) in [7, 11) is -7.48. The van der Waals surface area contributed by atoms with Crippen molar-refractivity contribution >= 4 is 31.5 Å². The first-order valence-electron chi connectivity index (χ1n) is 9.84. The zero-order valence-electron chi connectivity index (χ0n) is 17.5. The first-order valence-corrected chi connectivity index (χ1v) is 12.8. The molecule has 8 nitrogen and oxygen atoms in total. The van der Waals surface area contributed by atoms with E-state index in [1.807, 2.05) is 13.8 Å². The Bertz CT molecular complexity index is 1280. The van der Waals surface area contributed by atoms with Crippen LogP contribution in [0.4, 0.5) is 0 Å². The van der Waals surface area contributed by atoms with Crippen molar-refractivity contribution in [1.82, 2.24) is 9.66 Å². The van der Waals surface area contributed by atoms with E-state index in [4.69, 9.17) is 0 Å². The average molecular weight is 471 g/mol. The third-order valence-electron chi connectivity index (χ3n) is 5.12. The number of hydrogen-bond acceptors (Lipinski definition) is 6. The summed E-state index contributed by atoms with van der Waals surface area (Å²) in [5, 5.41) is 8.09. The van der Waals surface area contributed by atoms with Crippen molar-refractivity contribution in [3.05, 3.63) is 83.0 Å². The van der Waals surface area contributed by atoms with Gasteiger partial charge >= 0.3 is 0 Å². The first-order chi connectivity index (χ1) is 15.1. The van der Waals surface area contributed by atoms with Crippen molar-refractivity contribution in [2.45, 2.75) is 36.5 Å². The van der Waals surface area contributed by atoms with E-state index in [1.165, 1.54) is 24.3 Å². The summed E-state index contributed by atoms with van der Waals surface area (Å²) in [6.07, 6.45) is 4.46. The van der Waals surface area contributed by atoms with Crippen molar-refractivity contribution in [2.75, 3.05) is 0 Å². The lowest BCUT2D eigenvalue weighted by atomic mass is 10.2. The van der Waals surface area contributed by atoms with Crippen LogP contribution in [0.15, 0.2) is 91.8 Å². The molecule has 0 heterocycles. The SMILES string of the molecule is Cc1ccc(S(=O)(=O)N/N=C2\C=C3C/C(=N\NS(=O)(=O)c4ccc(C)cc4)C=C3C2)cc1. The Morgan fingerprint density at radius 3 is 1.31 bits per heavy atom. The van der Waals surface area contributed by atoms with Crippen LogP contribution in [0.3, 0.4) is 0 Å². The highest BCUT2D eigenvalue weighted by Gasteiger charge is 2.25. The summed E-state index contributed by atoms with van der Waals surface area (Å²) in [6.45, 7) is 3.76. The van der Waals surface area contributed by atoms with Crippen LogP contribution in [0.25, 0.3) is 0 Å². The highest BCUT2D eigenvalue weighted by molar-refractivity contribution is 7.89. The van der Waals surface area contributed by atoms with E-state index in [0.29, 0.717) is 24.3 Å². The van der Waals surface area contributed by atoms with Gasteiger partial charge in [0.25, 0.3) is 20.0 Å². The molecular formula is C22H22N4O4S2. The number of fused-ring (bicyclic) bond motifs is 1. The van der Waals surface area contributed by atoms with Gasteiger partial charge in [-0.25, -0.2) is 0 Å². The minimum absolute atomic E-state index is 0.146. The molecule has 2 aliphatic carbocycles. The van der Waals surface area contributed by atoms with E-state index in [-0.39, 0.29) is 9.79 Å². The summed E-state index contributed by atoms with van der Waals surface area (Å²) in [5.41, 5.74) is 4.98. The molecule has 2 aromatic rings. The molecule has 10 heteroatoms. The summed E-state index contributed by atoms with van der Waals surface area (Å²) < 4.78 is 49.5. The monoisotopic (exact) mass is 470 g/mol. The highest BCUT2D eigenvalue weighted by Crippen LogP contribution is 2.32. The lowest BCUT2D eigenvalue weighted by molar-refractivity contribution is 0.583. The Labute approximate surface area is 187 Å². The first kappa shape index (κ1) is 22.0. The number of nitrogens with zero attached hydrogens (tertiary/aromatic N) is 2. The maximum atomic E-state index is 12.4. The average Bonchev–Trinajstić information content (AvgIpc) is 3.30. The van der Waals surface area contributed by atoms with Gasteiger partial charge in [-0.1, -0.05) is 35.4 Å². The van der Waals surface area contributed by atoms with E-state index in [0.717, 1.165) is 22.3 Å². The van der Waals surface area contributed by atoms with Crippen LogP contribution in [0, 0.1) is 13.8 Å². The maximum Gasteiger partial charge on any atom is 0.276 e. The Morgan fingerprint density at radius 1 is 0.625 bits per heavy atom. The van der Waals surface area contributed by atoms with Gasteiger partial charge in [0.1, 0.15) is 0 Å². The van der Waals surface area contributed by atoms with E-state index in [9.17, 15) is 16.8 Å². The molecular weight excluding hydrogens is 448 g/mol. The van der Waals surface area contributed by atoms with E-state index in [1.54, 1.807) is 36.4 Å². The van der Waals surface area contributed by atoms with Crippen molar-refractivity contribution in [3.63, 3.8) is 0 Å². The standard InChI is InChI=1S/C22H22N4O4S2/c1-15-3-7-21(8-4-15)31(27,28)25-23-19-11-17-13-20(14-18(17)12-19)24-26-32(29,30)22-9-5-16(2)6-10-22/h3-11,14,25-26H,12-13H2,1-2H3/b23-19-,24-20-. The summed E-state index contributed by atoms with van der Waals surface area (Å²) in [6, 6.07) is 13.0. The van der Waals surface area contributed by atoms with E-state index in [2.05, 4.69) is 19.9 Å². The van der Waals surface area contributed by atoms with Gasteiger partial charge in [0.05, 0.1) is 21.2 Å². The largest absolute Gasteiger partial charge is 0.276 e. The fourth-order valence-electron chi connectivity index (χ4n) is 3.33. The number of aryl methyl sites for hydroxylation is 2. The lowest BCUT2D eigenvalue weighted by Crippen LogP contribution is -2.20. The molecule has 0 saturated heterocycles. The van der Waals surface area contributed by atoms with Crippen molar-refractivity contribution in [3.8, 4) is 0 Å². The fraction of sp³-hybridized carbons (Fsp3) is 0.182. The van der Waals surface area contributed by atoms with Crippen molar-refractivity contribution in [2.24, 2.45) is 10.2 Å². The van der Waals surface area contributed by atoms with Gasteiger partial charge in [0, 0.05) is 12.8 Å². The minimum Gasteiger partial charge on any atom is -0.200 e. The number of sulfonamides is 2. The Hall–Kier alpha value is -3.24. The van der Waals surface area contributed by atoms with Gasteiger partial charge in [0.2, 0.25) is 0 Å². The van der Waals surface area contributed by atoms with Gasteiger partial charge in [0.15, 0.2) is 0 Å². The second kappa shape index (κ2) is 8.36. The molecule has 0 bridgehead atoms. The molecule has 32 heavy (non-hydrogen) atoms. The quantitative estimate of drug-likeness (QED) is 0.631. The van der Waals surface area contributed by atoms with E-state index < -0.39 is 20.0 Å². The predicted molar refractivity (Wildman–Crippen MR) is 123 cm³/mol. The van der Waals surface area contributed by atoms with Crippen LogP contribution < -0.4 is 9.66 Å². The number of rotatable bonds is 6. The smallest absolute Gasteiger partial charge is 0.200 e. The normalized spacial score (nSPS) is 18.4. The maximum absolute atomic E-state index is 12.4. The van der Waals surface area contributed by atoms with Crippen LogP contribution in [0.1, 0.15) is 24.0 Å². The van der Waals surface area contributed by atoms with Gasteiger partial charge in [-0.15, -0.1) is 0 Å². The zero-order valence-corrected chi connectivity index (χ0v) is 19.2. The number of nitrogens with one attached hydrogen (secondary N) is 2. The minimum atomic E-state index is -3.74. The molecule has 0 spiro atoms. The van der Waals surface area contributed by atoms with Crippen LogP contribution in [0.5, 0.6) is 0 Å².